The molecule has 0 aromatic heterocycles. The van der Waals surface area contributed by atoms with Crippen molar-refractivity contribution < 1.29 is 9.13 Å². The van der Waals surface area contributed by atoms with E-state index in [1.54, 1.807) is 12.1 Å². The first-order chi connectivity index (χ1) is 11.3. The third-order valence-corrected chi connectivity index (χ3v) is 3.23. The Morgan fingerprint density at radius 2 is 1.88 bits per heavy atom. The van der Waals surface area contributed by atoms with Gasteiger partial charge in [-0.1, -0.05) is 0 Å². The number of nitrogens with one attached hydrogen (secondary N) is 2. The smallest absolute Gasteiger partial charge is 0.193 e. The SMILES string of the molecule is CCNC(=NCCNC(C)(C)C)N(C)CCOc1ccc(F)cc1.I. The molecule has 0 aliphatic rings. The lowest BCUT2D eigenvalue weighted by atomic mass is 10.1. The zero-order chi connectivity index (χ0) is 18.0. The molecule has 25 heavy (non-hydrogen) atoms. The minimum absolute atomic E-state index is 0. The number of nitrogens with zero attached hydrogens (tertiary/aromatic N) is 2. The summed E-state index contributed by atoms with van der Waals surface area (Å²) in [6.45, 7) is 12.0. The normalized spacial score (nSPS) is 11.7. The molecular weight excluding hydrogens is 434 g/mol. The zero-order valence-electron chi connectivity index (χ0n) is 15.9. The number of hydrogen-bond acceptors (Lipinski definition) is 3. The highest BCUT2D eigenvalue weighted by Gasteiger charge is 2.08. The van der Waals surface area contributed by atoms with Gasteiger partial charge in [0.1, 0.15) is 18.2 Å². The van der Waals surface area contributed by atoms with Crippen molar-refractivity contribution >= 4 is 29.9 Å². The molecule has 0 atom stereocenters. The van der Waals surface area contributed by atoms with E-state index in [1.165, 1.54) is 12.1 Å². The first-order valence-corrected chi connectivity index (χ1v) is 8.44. The first-order valence-electron chi connectivity index (χ1n) is 8.44. The van der Waals surface area contributed by atoms with E-state index in [4.69, 9.17) is 4.74 Å². The van der Waals surface area contributed by atoms with E-state index in [2.05, 4.69) is 36.4 Å². The number of hydrogen-bond donors (Lipinski definition) is 2. The van der Waals surface area contributed by atoms with Crippen molar-refractivity contribution in [1.29, 1.82) is 0 Å². The number of halogens is 2. The Bertz CT molecular complexity index is 503. The van der Waals surface area contributed by atoms with E-state index in [9.17, 15) is 4.39 Å². The molecule has 0 fully saturated rings. The van der Waals surface area contributed by atoms with Gasteiger partial charge in [-0.15, -0.1) is 24.0 Å². The minimum atomic E-state index is -0.259. The topological polar surface area (TPSA) is 48.9 Å². The molecule has 1 rings (SSSR count). The summed E-state index contributed by atoms with van der Waals surface area (Å²) < 4.78 is 18.5. The molecule has 1 aromatic carbocycles. The molecule has 0 bridgehead atoms. The molecule has 2 N–H and O–H groups in total. The molecule has 0 spiro atoms. The second-order valence-corrected chi connectivity index (χ2v) is 6.64. The van der Waals surface area contributed by atoms with E-state index in [0.717, 1.165) is 19.0 Å². The van der Waals surface area contributed by atoms with E-state index >= 15 is 0 Å². The number of benzene rings is 1. The average Bonchev–Trinajstić information content (AvgIpc) is 2.51. The predicted octanol–water partition coefficient (Wildman–Crippen LogP) is 3.11. The van der Waals surface area contributed by atoms with Crippen LogP contribution in [0.1, 0.15) is 27.7 Å². The molecule has 5 nitrogen and oxygen atoms in total. The summed E-state index contributed by atoms with van der Waals surface area (Å²) >= 11 is 0. The van der Waals surface area contributed by atoms with Gasteiger partial charge >= 0.3 is 0 Å². The molecule has 7 heteroatoms. The summed E-state index contributed by atoms with van der Waals surface area (Å²) in [5.41, 5.74) is 0.1000. The highest BCUT2D eigenvalue weighted by Crippen LogP contribution is 2.10. The molecule has 0 amide bonds. The monoisotopic (exact) mass is 466 g/mol. The van der Waals surface area contributed by atoms with Crippen molar-refractivity contribution in [3.63, 3.8) is 0 Å². The van der Waals surface area contributed by atoms with Gasteiger partial charge < -0.3 is 20.3 Å². The van der Waals surface area contributed by atoms with Crippen LogP contribution in [0, 0.1) is 5.82 Å². The highest BCUT2D eigenvalue weighted by molar-refractivity contribution is 14.0. The third kappa shape index (κ3) is 11.2. The van der Waals surface area contributed by atoms with E-state index in [-0.39, 0.29) is 35.3 Å². The van der Waals surface area contributed by atoms with Crippen LogP contribution in [-0.4, -0.2) is 56.2 Å². The van der Waals surface area contributed by atoms with Gasteiger partial charge in [-0.3, -0.25) is 4.99 Å². The Morgan fingerprint density at radius 1 is 1.24 bits per heavy atom. The van der Waals surface area contributed by atoms with Gasteiger partial charge in [-0.2, -0.15) is 0 Å². The summed E-state index contributed by atoms with van der Waals surface area (Å²) in [5.74, 6) is 1.27. The van der Waals surface area contributed by atoms with Crippen LogP contribution in [0.15, 0.2) is 29.3 Å². The van der Waals surface area contributed by atoms with Gasteiger partial charge in [0, 0.05) is 25.7 Å². The lowest BCUT2D eigenvalue weighted by Gasteiger charge is -2.23. The van der Waals surface area contributed by atoms with Gasteiger partial charge in [0.05, 0.1) is 13.1 Å². The van der Waals surface area contributed by atoms with Crippen LogP contribution < -0.4 is 15.4 Å². The van der Waals surface area contributed by atoms with Crippen LogP contribution >= 0.6 is 24.0 Å². The van der Waals surface area contributed by atoms with Crippen LogP contribution in [0.2, 0.25) is 0 Å². The molecule has 144 valence electrons. The number of likely N-dealkylation sites (N-methyl/N-ethyl adjacent to an activating group) is 1. The van der Waals surface area contributed by atoms with E-state index in [0.29, 0.717) is 25.4 Å². The van der Waals surface area contributed by atoms with E-state index < -0.39 is 0 Å². The van der Waals surface area contributed by atoms with Crippen molar-refractivity contribution in [3.8, 4) is 5.75 Å². The van der Waals surface area contributed by atoms with Crippen LogP contribution in [0.3, 0.4) is 0 Å². The Labute approximate surface area is 168 Å². The van der Waals surface area contributed by atoms with Crippen LogP contribution in [-0.2, 0) is 0 Å². The molecule has 0 saturated carbocycles. The first kappa shape index (κ1) is 23.9. The summed E-state index contributed by atoms with van der Waals surface area (Å²) in [5, 5.41) is 6.70. The summed E-state index contributed by atoms with van der Waals surface area (Å²) in [6.07, 6.45) is 0. The fourth-order valence-electron chi connectivity index (χ4n) is 2.00. The Hall–Kier alpha value is -1.09. The Kier molecular flexibility index (Phi) is 11.8. The molecule has 0 saturated heterocycles. The van der Waals surface area contributed by atoms with Crippen molar-refractivity contribution in [2.24, 2.45) is 4.99 Å². The van der Waals surface area contributed by atoms with Crippen molar-refractivity contribution in [2.45, 2.75) is 33.2 Å². The van der Waals surface area contributed by atoms with Gasteiger partial charge in [0.25, 0.3) is 0 Å². The van der Waals surface area contributed by atoms with Gasteiger partial charge in [-0.25, -0.2) is 4.39 Å². The van der Waals surface area contributed by atoms with Crippen molar-refractivity contribution in [2.75, 3.05) is 39.8 Å². The molecule has 1 aromatic rings. The molecule has 0 aliphatic heterocycles. The fourth-order valence-corrected chi connectivity index (χ4v) is 2.00. The van der Waals surface area contributed by atoms with Crippen LogP contribution in [0.25, 0.3) is 0 Å². The summed E-state index contributed by atoms with van der Waals surface area (Å²) in [4.78, 5) is 6.65. The maximum Gasteiger partial charge on any atom is 0.193 e. The lowest BCUT2D eigenvalue weighted by molar-refractivity contribution is 0.281. The highest BCUT2D eigenvalue weighted by atomic mass is 127. The van der Waals surface area contributed by atoms with Gasteiger partial charge in [0.15, 0.2) is 5.96 Å². The average molecular weight is 466 g/mol. The molecule has 0 aliphatic carbocycles. The maximum absolute atomic E-state index is 12.9. The second-order valence-electron chi connectivity index (χ2n) is 6.64. The van der Waals surface area contributed by atoms with Crippen molar-refractivity contribution in [1.82, 2.24) is 15.5 Å². The number of rotatable bonds is 8. The Morgan fingerprint density at radius 3 is 2.44 bits per heavy atom. The quantitative estimate of drug-likeness (QED) is 0.268. The van der Waals surface area contributed by atoms with Crippen molar-refractivity contribution in [3.05, 3.63) is 30.1 Å². The third-order valence-electron chi connectivity index (χ3n) is 3.23. The van der Waals surface area contributed by atoms with Crippen LogP contribution in [0.4, 0.5) is 4.39 Å². The number of guanidine groups is 1. The standard InChI is InChI=1S/C18H31FN4O.HI/c1-6-20-17(21-11-12-22-18(2,3)4)23(5)13-14-24-16-9-7-15(19)8-10-16;/h7-10,22H,6,11-14H2,1-5H3,(H,20,21);1H. The summed E-state index contributed by atoms with van der Waals surface area (Å²) in [6, 6.07) is 6.05. The molecular formula is C18H32FIN4O. The number of aliphatic imine (C=N–C) groups is 1. The molecule has 0 heterocycles. The Balaban J connectivity index is 0.00000576. The van der Waals surface area contributed by atoms with E-state index in [1.807, 2.05) is 18.9 Å². The predicted molar refractivity (Wildman–Crippen MR) is 114 cm³/mol. The minimum Gasteiger partial charge on any atom is -0.492 e. The van der Waals surface area contributed by atoms with Gasteiger partial charge in [0.2, 0.25) is 0 Å². The lowest BCUT2D eigenvalue weighted by Crippen LogP contribution is -2.42. The fraction of sp³-hybridized carbons (Fsp3) is 0.611. The van der Waals surface area contributed by atoms with Crippen LogP contribution in [0.5, 0.6) is 5.75 Å². The summed E-state index contributed by atoms with van der Waals surface area (Å²) in [7, 11) is 1.98. The second kappa shape index (κ2) is 12.3. The largest absolute Gasteiger partial charge is 0.492 e. The van der Waals surface area contributed by atoms with Gasteiger partial charge in [-0.05, 0) is 52.0 Å². The molecule has 0 unspecified atom stereocenters. The zero-order valence-corrected chi connectivity index (χ0v) is 18.3. The molecule has 0 radical (unpaired) electrons. The maximum atomic E-state index is 12.9. The number of ether oxygens (including phenoxy) is 1.